The van der Waals surface area contributed by atoms with Crippen LogP contribution in [0, 0.1) is 11.3 Å². The molecule has 170 valence electrons. The first kappa shape index (κ1) is 21.7. The summed E-state index contributed by atoms with van der Waals surface area (Å²) in [5.41, 5.74) is 2.35. The molecule has 1 atom stereocenters. The van der Waals surface area contributed by atoms with E-state index in [4.69, 9.17) is 4.42 Å². The largest absolute Gasteiger partial charge is 0.454 e. The molecule has 34 heavy (non-hydrogen) atoms. The summed E-state index contributed by atoms with van der Waals surface area (Å²) in [6.07, 6.45) is 3.51. The number of furan rings is 1. The van der Waals surface area contributed by atoms with Crippen molar-refractivity contribution in [2.75, 3.05) is 11.5 Å². The fraction of sp³-hybridized carbons (Fsp3) is 0.160. The topological polar surface area (TPSA) is 118 Å². The molecule has 1 fully saturated rings. The van der Waals surface area contributed by atoms with E-state index in [0.29, 0.717) is 29.0 Å². The number of amides is 1. The number of hydrogen-bond acceptors (Lipinski definition) is 6. The average Bonchev–Trinajstić information content (AvgIpc) is 3.53. The number of nitrogens with one attached hydrogen (secondary N) is 1. The Balaban J connectivity index is 1.54. The Bertz CT molecular complexity index is 1530. The van der Waals surface area contributed by atoms with Gasteiger partial charge in [0.1, 0.15) is 22.9 Å². The number of nitriles is 1. The quantitative estimate of drug-likeness (QED) is 0.351. The SMILES string of the molecule is N#C/C(=C/c1cn(-c2ccccc2)nc1-c1cc2ccccc2o1)C(=O)N[C@H]1CCS(=O)(=O)C1. The summed E-state index contributed by atoms with van der Waals surface area (Å²) < 4.78 is 31.1. The number of hydrogen-bond donors (Lipinski definition) is 1. The van der Waals surface area contributed by atoms with Gasteiger partial charge in [-0.2, -0.15) is 10.4 Å². The van der Waals surface area contributed by atoms with E-state index in [1.807, 2.05) is 66.7 Å². The number of benzene rings is 2. The van der Waals surface area contributed by atoms with E-state index in [9.17, 15) is 18.5 Å². The van der Waals surface area contributed by atoms with E-state index >= 15 is 0 Å². The highest BCUT2D eigenvalue weighted by molar-refractivity contribution is 7.91. The fourth-order valence-electron chi connectivity index (χ4n) is 3.97. The predicted molar refractivity (Wildman–Crippen MR) is 128 cm³/mol. The fourth-order valence-corrected chi connectivity index (χ4v) is 5.65. The van der Waals surface area contributed by atoms with E-state index in [0.717, 1.165) is 11.1 Å². The van der Waals surface area contributed by atoms with Gasteiger partial charge in [-0.25, -0.2) is 13.1 Å². The lowest BCUT2D eigenvalue weighted by molar-refractivity contribution is -0.117. The third kappa shape index (κ3) is 4.36. The van der Waals surface area contributed by atoms with Crippen LogP contribution in [-0.2, 0) is 14.6 Å². The second-order valence-corrected chi connectivity index (χ2v) is 10.3. The summed E-state index contributed by atoms with van der Waals surface area (Å²) in [5.74, 6) is -0.202. The smallest absolute Gasteiger partial charge is 0.262 e. The van der Waals surface area contributed by atoms with Crippen LogP contribution in [-0.4, -0.2) is 41.7 Å². The molecular weight excluding hydrogens is 452 g/mol. The normalized spacial score (nSPS) is 17.5. The van der Waals surface area contributed by atoms with Crippen molar-refractivity contribution >= 4 is 32.8 Å². The van der Waals surface area contributed by atoms with Gasteiger partial charge in [0.15, 0.2) is 15.6 Å². The lowest BCUT2D eigenvalue weighted by Gasteiger charge is -2.09. The molecule has 1 N–H and O–H groups in total. The molecule has 1 amide bonds. The predicted octanol–water partition coefficient (Wildman–Crippen LogP) is 3.50. The first-order valence-corrected chi connectivity index (χ1v) is 12.5. The summed E-state index contributed by atoms with van der Waals surface area (Å²) >= 11 is 0. The Morgan fingerprint density at radius 3 is 2.65 bits per heavy atom. The molecule has 3 heterocycles. The van der Waals surface area contributed by atoms with Gasteiger partial charge in [-0.1, -0.05) is 36.4 Å². The van der Waals surface area contributed by atoms with E-state index in [1.54, 1.807) is 10.9 Å². The molecule has 1 aliphatic rings. The lowest BCUT2D eigenvalue weighted by atomic mass is 10.1. The van der Waals surface area contributed by atoms with Gasteiger partial charge >= 0.3 is 0 Å². The van der Waals surface area contributed by atoms with Crippen molar-refractivity contribution in [2.24, 2.45) is 0 Å². The van der Waals surface area contributed by atoms with Gasteiger partial charge in [0.25, 0.3) is 5.91 Å². The van der Waals surface area contributed by atoms with Crippen LogP contribution < -0.4 is 5.32 Å². The van der Waals surface area contributed by atoms with Crippen LogP contribution in [0.2, 0.25) is 0 Å². The Labute approximate surface area is 196 Å². The molecule has 9 heteroatoms. The maximum atomic E-state index is 12.8. The molecule has 1 saturated heterocycles. The summed E-state index contributed by atoms with van der Waals surface area (Å²) in [6.45, 7) is 0. The lowest BCUT2D eigenvalue weighted by Crippen LogP contribution is -2.36. The maximum absolute atomic E-state index is 12.8. The van der Waals surface area contributed by atoms with Crippen molar-refractivity contribution in [1.29, 1.82) is 5.26 Å². The molecular formula is C25H20N4O4S. The zero-order chi connectivity index (χ0) is 23.7. The number of nitrogens with zero attached hydrogens (tertiary/aromatic N) is 3. The zero-order valence-corrected chi connectivity index (χ0v) is 18.8. The Morgan fingerprint density at radius 1 is 1.18 bits per heavy atom. The van der Waals surface area contributed by atoms with Gasteiger partial charge in [0.05, 0.1) is 17.2 Å². The minimum atomic E-state index is -3.16. The molecule has 8 nitrogen and oxygen atoms in total. The van der Waals surface area contributed by atoms with Crippen molar-refractivity contribution < 1.29 is 17.6 Å². The molecule has 5 rings (SSSR count). The second-order valence-electron chi connectivity index (χ2n) is 8.10. The number of rotatable bonds is 5. The standard InChI is InChI=1S/C25H20N4O4S/c26-14-18(25(30)27-20-10-11-34(31,32)16-20)12-19-15-29(21-7-2-1-3-8-21)28-24(19)23-13-17-6-4-5-9-22(17)33-23/h1-9,12-13,15,20H,10-11,16H2,(H,27,30)/b18-12-/t20-/m0/s1. The van der Waals surface area contributed by atoms with Crippen LogP contribution in [0.15, 0.2) is 76.9 Å². The number of carbonyl (C=O) groups is 1. The molecule has 1 aliphatic heterocycles. The Hall–Kier alpha value is -4.16. The second kappa shape index (κ2) is 8.65. The molecule has 2 aromatic carbocycles. The van der Waals surface area contributed by atoms with Gasteiger partial charge in [0, 0.05) is 23.2 Å². The van der Waals surface area contributed by atoms with Gasteiger partial charge in [-0.3, -0.25) is 4.79 Å². The number of para-hydroxylation sites is 2. The van der Waals surface area contributed by atoms with Crippen LogP contribution in [0.3, 0.4) is 0 Å². The van der Waals surface area contributed by atoms with Gasteiger partial charge < -0.3 is 9.73 Å². The van der Waals surface area contributed by atoms with Crippen molar-refractivity contribution in [3.8, 4) is 23.2 Å². The van der Waals surface area contributed by atoms with E-state index in [-0.39, 0.29) is 17.1 Å². The van der Waals surface area contributed by atoms with Crippen molar-refractivity contribution in [2.45, 2.75) is 12.5 Å². The third-order valence-electron chi connectivity index (χ3n) is 5.65. The number of aromatic nitrogens is 2. The number of carbonyl (C=O) groups excluding carboxylic acids is 1. The van der Waals surface area contributed by atoms with E-state index in [1.165, 1.54) is 6.08 Å². The maximum Gasteiger partial charge on any atom is 0.262 e. The van der Waals surface area contributed by atoms with E-state index in [2.05, 4.69) is 10.4 Å². The Kier molecular flexibility index (Phi) is 5.51. The van der Waals surface area contributed by atoms with Crippen molar-refractivity contribution in [3.05, 3.63) is 78.0 Å². The minimum absolute atomic E-state index is 0.0313. The summed E-state index contributed by atoms with van der Waals surface area (Å²) in [5, 5.41) is 17.9. The first-order chi connectivity index (χ1) is 16.4. The summed E-state index contributed by atoms with van der Waals surface area (Å²) in [4.78, 5) is 12.8. The van der Waals surface area contributed by atoms with Crippen LogP contribution >= 0.6 is 0 Å². The van der Waals surface area contributed by atoms with Crippen molar-refractivity contribution in [3.63, 3.8) is 0 Å². The average molecular weight is 473 g/mol. The van der Waals surface area contributed by atoms with E-state index < -0.39 is 21.8 Å². The van der Waals surface area contributed by atoms with Gasteiger partial charge in [-0.15, -0.1) is 0 Å². The van der Waals surface area contributed by atoms with Gasteiger partial charge in [0.2, 0.25) is 0 Å². The molecule has 0 spiro atoms. The van der Waals surface area contributed by atoms with Crippen LogP contribution in [0.5, 0.6) is 0 Å². The number of fused-ring (bicyclic) bond motifs is 1. The first-order valence-electron chi connectivity index (χ1n) is 10.7. The summed E-state index contributed by atoms with van der Waals surface area (Å²) in [6, 6.07) is 20.3. The molecule has 0 radical (unpaired) electrons. The molecule has 4 aromatic rings. The highest BCUT2D eigenvalue weighted by Crippen LogP contribution is 2.31. The Morgan fingerprint density at radius 2 is 1.94 bits per heavy atom. The summed E-state index contributed by atoms with van der Waals surface area (Å²) in [7, 11) is -3.16. The number of sulfone groups is 1. The molecule has 0 bridgehead atoms. The van der Waals surface area contributed by atoms with Crippen LogP contribution in [0.1, 0.15) is 12.0 Å². The van der Waals surface area contributed by atoms with Gasteiger partial charge in [-0.05, 0) is 36.8 Å². The van der Waals surface area contributed by atoms with Crippen LogP contribution in [0.25, 0.3) is 34.2 Å². The monoisotopic (exact) mass is 472 g/mol. The van der Waals surface area contributed by atoms with Crippen LogP contribution in [0.4, 0.5) is 0 Å². The molecule has 0 unspecified atom stereocenters. The zero-order valence-electron chi connectivity index (χ0n) is 18.0. The third-order valence-corrected chi connectivity index (χ3v) is 7.42. The highest BCUT2D eigenvalue weighted by atomic mass is 32.2. The molecule has 0 aliphatic carbocycles. The van der Waals surface area contributed by atoms with Crippen molar-refractivity contribution in [1.82, 2.24) is 15.1 Å². The highest BCUT2D eigenvalue weighted by Gasteiger charge is 2.29. The molecule has 0 saturated carbocycles. The minimum Gasteiger partial charge on any atom is -0.454 e. The molecule has 2 aromatic heterocycles.